The van der Waals surface area contributed by atoms with Gasteiger partial charge in [-0.1, -0.05) is 34.1 Å². The van der Waals surface area contributed by atoms with E-state index in [1.807, 2.05) is 6.92 Å². The Morgan fingerprint density at radius 1 is 1.25 bits per heavy atom. The summed E-state index contributed by atoms with van der Waals surface area (Å²) < 4.78 is 6.06. The topological polar surface area (TPSA) is 29.5 Å². The van der Waals surface area contributed by atoms with Crippen LogP contribution in [0.15, 0.2) is 16.9 Å². The van der Waals surface area contributed by atoms with Crippen molar-refractivity contribution in [2.45, 2.75) is 85.0 Å². The molecule has 0 aromatic heterocycles. The van der Waals surface area contributed by atoms with Gasteiger partial charge in [-0.15, -0.1) is 5.73 Å². The van der Waals surface area contributed by atoms with Crippen LogP contribution < -0.4 is 0 Å². The number of hydrogen-bond donors (Lipinski definition) is 1. The van der Waals surface area contributed by atoms with Gasteiger partial charge in [0.15, 0.2) is 8.32 Å². The molecule has 118 valence electrons. The van der Waals surface area contributed by atoms with Crippen LogP contribution in [0.5, 0.6) is 0 Å². The van der Waals surface area contributed by atoms with E-state index in [0.717, 1.165) is 12.0 Å². The van der Waals surface area contributed by atoms with Crippen LogP contribution in [-0.4, -0.2) is 26.1 Å². The van der Waals surface area contributed by atoms with Gasteiger partial charge in [-0.2, -0.15) is 0 Å². The molecule has 0 aliphatic rings. The standard InChI is InChI=1S/C17H34O2Si/c1-9-10-11-14(2)12-15(3)16(18)13-19-20(7,8)17(4,5)6/h16,18H,9-11,13H2,1-8H3. The van der Waals surface area contributed by atoms with Crippen LogP contribution in [-0.2, 0) is 4.43 Å². The van der Waals surface area contributed by atoms with Gasteiger partial charge in [-0.05, 0) is 56.0 Å². The second kappa shape index (κ2) is 8.19. The van der Waals surface area contributed by atoms with Gasteiger partial charge in [0.1, 0.15) is 6.10 Å². The van der Waals surface area contributed by atoms with E-state index in [1.165, 1.54) is 18.4 Å². The third-order valence-electron chi connectivity index (χ3n) is 4.22. The zero-order valence-corrected chi connectivity index (χ0v) is 15.8. The first-order valence-corrected chi connectivity index (χ1v) is 10.7. The van der Waals surface area contributed by atoms with E-state index in [1.54, 1.807) is 0 Å². The summed E-state index contributed by atoms with van der Waals surface area (Å²) >= 11 is 0. The third kappa shape index (κ3) is 6.89. The van der Waals surface area contributed by atoms with Crippen molar-refractivity contribution in [1.29, 1.82) is 0 Å². The highest BCUT2D eigenvalue weighted by molar-refractivity contribution is 6.74. The molecule has 20 heavy (non-hydrogen) atoms. The Kier molecular flexibility index (Phi) is 8.05. The Hall–Kier alpha value is -0.343. The largest absolute Gasteiger partial charge is 0.414 e. The SMILES string of the molecule is CCCCC(C)=C=C(C)C(O)CO[Si](C)(C)C(C)(C)C. The molecule has 0 rings (SSSR count). The van der Waals surface area contributed by atoms with E-state index in [9.17, 15) is 5.11 Å². The van der Waals surface area contributed by atoms with Gasteiger partial charge in [0.25, 0.3) is 0 Å². The van der Waals surface area contributed by atoms with Crippen molar-refractivity contribution in [1.82, 2.24) is 0 Å². The number of hydrogen-bond acceptors (Lipinski definition) is 2. The maximum atomic E-state index is 10.2. The van der Waals surface area contributed by atoms with Crippen LogP contribution in [0.1, 0.15) is 60.8 Å². The fourth-order valence-corrected chi connectivity index (χ4v) is 2.56. The zero-order valence-electron chi connectivity index (χ0n) is 14.8. The Bertz CT molecular complexity index is 358. The van der Waals surface area contributed by atoms with Crippen molar-refractivity contribution in [3.63, 3.8) is 0 Å². The Morgan fingerprint density at radius 3 is 2.25 bits per heavy atom. The van der Waals surface area contributed by atoms with Crippen LogP contribution in [0.4, 0.5) is 0 Å². The predicted molar refractivity (Wildman–Crippen MR) is 90.6 cm³/mol. The highest BCUT2D eigenvalue weighted by Crippen LogP contribution is 2.36. The third-order valence-corrected chi connectivity index (χ3v) is 8.72. The fraction of sp³-hybridized carbons (Fsp3) is 0.824. The average molecular weight is 299 g/mol. The molecule has 1 unspecified atom stereocenters. The molecule has 0 aromatic carbocycles. The van der Waals surface area contributed by atoms with Crippen molar-refractivity contribution in [2.24, 2.45) is 0 Å². The molecule has 0 aromatic rings. The smallest absolute Gasteiger partial charge is 0.192 e. The van der Waals surface area contributed by atoms with Crippen molar-refractivity contribution in [2.75, 3.05) is 6.61 Å². The molecular weight excluding hydrogens is 264 g/mol. The maximum Gasteiger partial charge on any atom is 0.192 e. The lowest BCUT2D eigenvalue weighted by Crippen LogP contribution is -2.42. The Balaban J connectivity index is 4.62. The van der Waals surface area contributed by atoms with Gasteiger partial charge in [0, 0.05) is 0 Å². The molecule has 1 N–H and O–H groups in total. The molecule has 0 saturated heterocycles. The van der Waals surface area contributed by atoms with Crippen LogP contribution in [0.25, 0.3) is 0 Å². The average Bonchev–Trinajstić information content (AvgIpc) is 2.31. The van der Waals surface area contributed by atoms with Crippen molar-refractivity contribution < 1.29 is 9.53 Å². The van der Waals surface area contributed by atoms with Crippen LogP contribution >= 0.6 is 0 Å². The normalized spacial score (nSPS) is 13.8. The van der Waals surface area contributed by atoms with Crippen LogP contribution in [0, 0.1) is 0 Å². The van der Waals surface area contributed by atoms with Gasteiger partial charge in [0.2, 0.25) is 0 Å². The lowest BCUT2D eigenvalue weighted by atomic mass is 10.1. The summed E-state index contributed by atoms with van der Waals surface area (Å²) in [5, 5.41) is 10.4. The highest BCUT2D eigenvalue weighted by Gasteiger charge is 2.37. The molecule has 3 heteroatoms. The highest BCUT2D eigenvalue weighted by atomic mass is 28.4. The maximum absolute atomic E-state index is 10.2. The molecule has 0 radical (unpaired) electrons. The van der Waals surface area contributed by atoms with Gasteiger partial charge in [-0.3, -0.25) is 0 Å². The van der Waals surface area contributed by atoms with Crippen LogP contribution in [0.3, 0.4) is 0 Å². The molecule has 0 bridgehead atoms. The molecule has 0 aliphatic heterocycles. The zero-order chi connectivity index (χ0) is 16.0. The summed E-state index contributed by atoms with van der Waals surface area (Å²) in [4.78, 5) is 0. The first kappa shape index (κ1) is 19.7. The van der Waals surface area contributed by atoms with E-state index in [2.05, 4.69) is 53.4 Å². The molecule has 0 spiro atoms. The van der Waals surface area contributed by atoms with Gasteiger partial charge >= 0.3 is 0 Å². The molecular formula is C17H34O2Si. The van der Waals surface area contributed by atoms with E-state index >= 15 is 0 Å². The first-order valence-electron chi connectivity index (χ1n) is 7.76. The second-order valence-electron chi connectivity index (χ2n) is 7.28. The van der Waals surface area contributed by atoms with E-state index in [-0.39, 0.29) is 5.04 Å². The predicted octanol–water partition coefficient (Wildman–Crippen LogP) is 5.05. The van der Waals surface area contributed by atoms with Crippen molar-refractivity contribution in [3.05, 3.63) is 16.9 Å². The number of aliphatic hydroxyl groups is 1. The monoisotopic (exact) mass is 298 g/mol. The molecule has 2 nitrogen and oxygen atoms in total. The molecule has 1 atom stereocenters. The van der Waals surface area contributed by atoms with Crippen molar-refractivity contribution in [3.8, 4) is 0 Å². The first-order chi connectivity index (χ1) is 9.01. The number of unbranched alkanes of at least 4 members (excludes halogenated alkanes) is 1. The summed E-state index contributed by atoms with van der Waals surface area (Å²) in [6.07, 6.45) is 2.89. The minimum absolute atomic E-state index is 0.178. The van der Waals surface area contributed by atoms with E-state index in [4.69, 9.17) is 4.43 Å². The number of aliphatic hydroxyl groups excluding tert-OH is 1. The summed E-state index contributed by atoms with van der Waals surface area (Å²) in [7, 11) is -1.78. The molecule has 0 saturated carbocycles. The van der Waals surface area contributed by atoms with E-state index in [0.29, 0.717) is 6.61 Å². The lowest BCUT2D eigenvalue weighted by molar-refractivity contribution is 0.127. The summed E-state index contributed by atoms with van der Waals surface area (Å²) in [6.45, 7) is 17.6. The lowest BCUT2D eigenvalue weighted by Gasteiger charge is -2.36. The van der Waals surface area contributed by atoms with Gasteiger partial charge in [-0.25, -0.2) is 0 Å². The molecule has 0 fully saturated rings. The van der Waals surface area contributed by atoms with E-state index < -0.39 is 14.4 Å². The Morgan fingerprint density at radius 2 is 1.80 bits per heavy atom. The molecule has 0 aliphatic carbocycles. The summed E-state index contributed by atoms with van der Waals surface area (Å²) in [5.41, 5.74) is 5.41. The summed E-state index contributed by atoms with van der Waals surface area (Å²) in [6, 6.07) is 0. The minimum atomic E-state index is -1.78. The quantitative estimate of drug-likeness (QED) is 0.526. The minimum Gasteiger partial charge on any atom is -0.414 e. The molecule has 0 heterocycles. The Labute approximate surface area is 127 Å². The second-order valence-corrected chi connectivity index (χ2v) is 12.1. The number of rotatable bonds is 7. The van der Waals surface area contributed by atoms with Crippen LogP contribution in [0.2, 0.25) is 18.1 Å². The fourth-order valence-electron chi connectivity index (χ4n) is 1.55. The van der Waals surface area contributed by atoms with Gasteiger partial charge in [0.05, 0.1) is 6.61 Å². The summed E-state index contributed by atoms with van der Waals surface area (Å²) in [5.74, 6) is 0. The molecule has 0 amide bonds. The van der Waals surface area contributed by atoms with Gasteiger partial charge < -0.3 is 9.53 Å². The van der Waals surface area contributed by atoms with Crippen molar-refractivity contribution >= 4 is 8.32 Å².